The molecule has 3 nitrogen and oxygen atoms in total. The molecule has 0 bridgehead atoms. The van der Waals surface area contributed by atoms with E-state index in [1.165, 1.54) is 12.3 Å². The number of pyridine rings is 1. The first-order valence-electron chi connectivity index (χ1n) is 8.26. The van der Waals surface area contributed by atoms with E-state index in [0.29, 0.717) is 10.6 Å². The zero-order valence-corrected chi connectivity index (χ0v) is 14.3. The molecule has 26 heavy (non-hydrogen) atoms. The predicted molar refractivity (Wildman–Crippen MR) is 94.8 cm³/mol. The van der Waals surface area contributed by atoms with E-state index < -0.39 is 22.9 Å². The van der Waals surface area contributed by atoms with Gasteiger partial charge in [-0.15, -0.1) is 0 Å². The van der Waals surface area contributed by atoms with Crippen LogP contribution >= 0.6 is 0 Å². The fourth-order valence-electron chi connectivity index (χ4n) is 3.49. The monoisotopic (exact) mass is 357 g/mol. The van der Waals surface area contributed by atoms with Gasteiger partial charge in [-0.2, -0.15) is 8.78 Å². The maximum atomic E-state index is 14.9. The lowest BCUT2D eigenvalue weighted by atomic mass is 9.76. The number of aromatic nitrogens is 1. The van der Waals surface area contributed by atoms with E-state index in [2.05, 4.69) is 4.98 Å². The molecule has 1 aliphatic heterocycles. The highest BCUT2D eigenvalue weighted by atomic mass is 19.3. The summed E-state index contributed by atoms with van der Waals surface area (Å²) in [5.74, 6) is -4.61. The Kier molecular flexibility index (Phi) is 3.53. The molecule has 6 heteroatoms. The zero-order chi connectivity index (χ0) is 18.7. The van der Waals surface area contributed by atoms with Crippen molar-refractivity contribution in [2.45, 2.75) is 31.7 Å². The van der Waals surface area contributed by atoms with Gasteiger partial charge in [-0.3, -0.25) is 4.98 Å². The minimum atomic E-state index is -3.62. The Hall–Kier alpha value is -2.60. The van der Waals surface area contributed by atoms with Gasteiger partial charge in [0.25, 0.3) is 5.92 Å². The van der Waals surface area contributed by atoms with Gasteiger partial charge in [0, 0.05) is 22.8 Å². The van der Waals surface area contributed by atoms with Crippen LogP contribution in [-0.4, -0.2) is 21.5 Å². The highest BCUT2D eigenvalue weighted by molar-refractivity contribution is 5.85. The molecule has 0 spiro atoms. The second-order valence-corrected chi connectivity index (χ2v) is 7.00. The number of hydroxylamine groups is 2. The SMILES string of the molecule is CC1(C)N([O-])C(c2cnc3ccccc3c2)=C2CC=CC(F)=C2C1(F)F. The highest BCUT2D eigenvalue weighted by Gasteiger charge is 2.57. The van der Waals surface area contributed by atoms with Crippen LogP contribution in [0.1, 0.15) is 25.8 Å². The highest BCUT2D eigenvalue weighted by Crippen LogP contribution is 2.54. The molecule has 0 fully saturated rings. The Bertz CT molecular complexity index is 1010. The molecule has 2 aliphatic rings. The minimum absolute atomic E-state index is 0.0152. The van der Waals surface area contributed by atoms with Gasteiger partial charge in [0.2, 0.25) is 0 Å². The first-order valence-corrected chi connectivity index (χ1v) is 8.26. The van der Waals surface area contributed by atoms with Crippen molar-refractivity contribution in [2.75, 3.05) is 0 Å². The van der Waals surface area contributed by atoms with Gasteiger partial charge in [0.05, 0.1) is 16.6 Å². The van der Waals surface area contributed by atoms with Crippen LogP contribution in [0.3, 0.4) is 0 Å². The van der Waals surface area contributed by atoms with E-state index >= 15 is 0 Å². The Morgan fingerprint density at radius 3 is 2.69 bits per heavy atom. The molecule has 0 amide bonds. The second kappa shape index (κ2) is 5.45. The first-order chi connectivity index (χ1) is 12.2. The number of hydrogen-bond donors (Lipinski definition) is 0. The summed E-state index contributed by atoms with van der Waals surface area (Å²) in [4.78, 5) is 4.32. The fourth-order valence-corrected chi connectivity index (χ4v) is 3.49. The molecule has 0 atom stereocenters. The lowest BCUT2D eigenvalue weighted by Crippen LogP contribution is -2.58. The Morgan fingerprint density at radius 1 is 1.19 bits per heavy atom. The summed E-state index contributed by atoms with van der Waals surface area (Å²) in [5, 5.41) is 14.0. The Balaban J connectivity index is 2.03. The standard InChI is InChI=1S/C20H16F3N2O/c1-19(2)20(22,23)17-14(7-5-8-15(17)21)18(25(19)26)13-10-12-6-3-4-9-16(12)24-11-13/h3-6,8-11H,7H2,1-2H3/q-1. The summed E-state index contributed by atoms with van der Waals surface area (Å²) in [6.45, 7) is 2.26. The summed E-state index contributed by atoms with van der Waals surface area (Å²) >= 11 is 0. The van der Waals surface area contributed by atoms with Crippen molar-refractivity contribution in [2.24, 2.45) is 0 Å². The zero-order valence-electron chi connectivity index (χ0n) is 14.3. The lowest BCUT2D eigenvalue weighted by Gasteiger charge is -2.55. The fraction of sp³-hybridized carbons (Fsp3) is 0.250. The number of allylic oxidation sites excluding steroid dienone is 4. The Labute approximate surface area is 148 Å². The maximum absolute atomic E-state index is 14.9. The largest absolute Gasteiger partial charge is 0.758 e. The van der Waals surface area contributed by atoms with E-state index in [1.54, 1.807) is 6.07 Å². The second-order valence-electron chi connectivity index (χ2n) is 7.00. The third-order valence-corrected chi connectivity index (χ3v) is 5.07. The number of halogens is 3. The molecular weight excluding hydrogens is 341 g/mol. The van der Waals surface area contributed by atoms with Crippen molar-refractivity contribution in [3.8, 4) is 0 Å². The molecular formula is C20H16F3N2O-. The third-order valence-electron chi connectivity index (χ3n) is 5.07. The van der Waals surface area contributed by atoms with E-state index in [0.717, 1.165) is 30.8 Å². The molecule has 0 saturated heterocycles. The number of fused-ring (bicyclic) bond motifs is 2. The van der Waals surface area contributed by atoms with Crippen LogP contribution in [0, 0.1) is 5.21 Å². The molecule has 2 aromatic rings. The number of para-hydroxylation sites is 1. The molecule has 4 rings (SSSR count). The van der Waals surface area contributed by atoms with Gasteiger partial charge in [-0.25, -0.2) is 4.39 Å². The van der Waals surface area contributed by atoms with E-state index in [-0.39, 0.29) is 17.7 Å². The lowest BCUT2D eigenvalue weighted by molar-refractivity contribution is -0.0749. The smallest absolute Gasteiger partial charge is 0.297 e. The summed E-state index contributed by atoms with van der Waals surface area (Å²) < 4.78 is 44.2. The number of nitrogens with zero attached hydrogens (tertiary/aromatic N) is 2. The molecule has 2 heterocycles. The van der Waals surface area contributed by atoms with Gasteiger partial charge in [-0.05, 0) is 44.1 Å². The van der Waals surface area contributed by atoms with Crippen molar-refractivity contribution in [3.63, 3.8) is 0 Å². The van der Waals surface area contributed by atoms with Crippen molar-refractivity contribution in [1.29, 1.82) is 0 Å². The number of alkyl halides is 2. The molecule has 0 unspecified atom stereocenters. The van der Waals surface area contributed by atoms with Gasteiger partial charge < -0.3 is 10.3 Å². The van der Waals surface area contributed by atoms with Crippen molar-refractivity contribution in [1.82, 2.24) is 10.0 Å². The van der Waals surface area contributed by atoms with Gasteiger partial charge in [-0.1, -0.05) is 24.3 Å². The average molecular weight is 357 g/mol. The summed E-state index contributed by atoms with van der Waals surface area (Å²) in [7, 11) is 0. The molecule has 1 aromatic heterocycles. The molecule has 0 N–H and O–H groups in total. The molecule has 0 saturated carbocycles. The van der Waals surface area contributed by atoms with Crippen LogP contribution in [0.2, 0.25) is 0 Å². The average Bonchev–Trinajstić information content (AvgIpc) is 2.60. The third kappa shape index (κ3) is 2.15. The molecule has 0 radical (unpaired) electrons. The molecule has 1 aliphatic carbocycles. The first kappa shape index (κ1) is 16.8. The summed E-state index contributed by atoms with van der Waals surface area (Å²) in [6, 6.07) is 9.03. The minimum Gasteiger partial charge on any atom is -0.758 e. The van der Waals surface area contributed by atoms with E-state index in [1.807, 2.05) is 24.3 Å². The maximum Gasteiger partial charge on any atom is 0.297 e. The van der Waals surface area contributed by atoms with Crippen molar-refractivity contribution < 1.29 is 13.2 Å². The van der Waals surface area contributed by atoms with E-state index in [9.17, 15) is 18.4 Å². The van der Waals surface area contributed by atoms with Crippen molar-refractivity contribution >= 4 is 16.6 Å². The van der Waals surface area contributed by atoms with Gasteiger partial charge >= 0.3 is 0 Å². The number of hydrogen-bond acceptors (Lipinski definition) is 3. The number of benzene rings is 1. The summed E-state index contributed by atoms with van der Waals surface area (Å²) in [6.07, 6.45) is 4.03. The van der Waals surface area contributed by atoms with Crippen LogP contribution in [0.5, 0.6) is 0 Å². The molecule has 134 valence electrons. The van der Waals surface area contributed by atoms with Gasteiger partial charge in [0.15, 0.2) is 0 Å². The number of rotatable bonds is 1. The van der Waals surface area contributed by atoms with E-state index in [4.69, 9.17) is 0 Å². The van der Waals surface area contributed by atoms with Crippen LogP contribution in [0.4, 0.5) is 13.2 Å². The topological polar surface area (TPSA) is 39.2 Å². The Morgan fingerprint density at radius 2 is 1.92 bits per heavy atom. The molecule has 1 aromatic carbocycles. The van der Waals surface area contributed by atoms with Gasteiger partial charge in [0.1, 0.15) is 5.83 Å². The van der Waals surface area contributed by atoms with Crippen LogP contribution in [0.25, 0.3) is 16.6 Å². The van der Waals surface area contributed by atoms with Crippen LogP contribution < -0.4 is 0 Å². The quantitative estimate of drug-likeness (QED) is 0.690. The normalized spacial score (nSPS) is 21.4. The van der Waals surface area contributed by atoms with Crippen molar-refractivity contribution in [3.05, 3.63) is 76.4 Å². The summed E-state index contributed by atoms with van der Waals surface area (Å²) in [5.41, 5.74) is -1.63. The van der Waals surface area contributed by atoms with Crippen LogP contribution in [-0.2, 0) is 0 Å². The van der Waals surface area contributed by atoms with Crippen LogP contribution in [0.15, 0.2) is 65.7 Å². The predicted octanol–water partition coefficient (Wildman–Crippen LogP) is 5.36.